The van der Waals surface area contributed by atoms with Crippen LogP contribution in [0.4, 0.5) is 25.1 Å². The van der Waals surface area contributed by atoms with Gasteiger partial charge in [0.2, 0.25) is 11.8 Å². The zero-order valence-corrected chi connectivity index (χ0v) is 41.4. The minimum absolute atomic E-state index is 0.0248. The van der Waals surface area contributed by atoms with Crippen LogP contribution in [0.15, 0.2) is 60.8 Å². The van der Waals surface area contributed by atoms with E-state index in [1.54, 1.807) is 30.1 Å². The second-order valence-corrected chi connectivity index (χ2v) is 20.6. The maximum absolute atomic E-state index is 17.2. The Morgan fingerprint density at radius 2 is 1.84 bits per heavy atom. The predicted octanol–water partition coefficient (Wildman–Crippen LogP) is 6.04. The SMILES string of the molecule is C#Cc1c(F)ccc2cc(O)cc(-c3ncc4c(N5CC6CCC(C5)N6)nc(OC[C@@]56CC[C@@H](COC(=O)N(C)CCCCCNc7cccc8c7C(=O)N(C7CCC(=O)NC7=O)C8=O)N5CC(=C)C6)nc4c3F)c12. The lowest BCUT2D eigenvalue weighted by molar-refractivity contribution is -0.136. The molecule has 5 fully saturated rings. The van der Waals surface area contributed by atoms with E-state index in [9.17, 15) is 29.1 Å². The number of fused-ring (bicyclic) bond motifs is 6. The Kier molecular flexibility index (Phi) is 13.1. The molecule has 0 spiro atoms. The van der Waals surface area contributed by atoms with Gasteiger partial charge in [0.05, 0.1) is 27.6 Å². The van der Waals surface area contributed by atoms with E-state index in [-0.39, 0.29) is 94.8 Å². The third-order valence-corrected chi connectivity index (χ3v) is 15.7. The number of unbranched alkanes of at least 4 members (excludes halogenated alkanes) is 2. The summed E-state index contributed by atoms with van der Waals surface area (Å²) in [6.07, 6.45) is 13.2. The number of piperidine rings is 1. The lowest BCUT2D eigenvalue weighted by atomic mass is 9.94. The molecule has 2 aromatic heterocycles. The summed E-state index contributed by atoms with van der Waals surface area (Å²) >= 11 is 0. The zero-order valence-electron chi connectivity index (χ0n) is 41.4. The van der Waals surface area contributed by atoms with Crippen molar-refractivity contribution in [2.24, 2.45) is 0 Å². The number of phenols is 1. The number of halogens is 2. The van der Waals surface area contributed by atoms with Gasteiger partial charge in [0, 0.05) is 87.2 Å². The highest BCUT2D eigenvalue weighted by Crippen LogP contribution is 2.45. The number of carbonyl (C=O) groups is 5. The van der Waals surface area contributed by atoms with Gasteiger partial charge in [-0.2, -0.15) is 9.97 Å². The molecule has 5 amide bonds. The minimum atomic E-state index is -1.05. The first-order valence-electron chi connectivity index (χ1n) is 25.5. The summed E-state index contributed by atoms with van der Waals surface area (Å²) in [5.41, 5.74) is 1.22. The Balaban J connectivity index is 0.724. The van der Waals surface area contributed by atoms with Crippen molar-refractivity contribution in [1.29, 1.82) is 0 Å². The Morgan fingerprint density at radius 3 is 2.63 bits per heavy atom. The molecule has 20 heteroatoms. The number of rotatable bonds is 15. The Morgan fingerprint density at radius 1 is 1.03 bits per heavy atom. The number of pyridine rings is 1. The predicted molar refractivity (Wildman–Crippen MR) is 273 cm³/mol. The number of carbonyl (C=O) groups excluding carboxylic acids is 5. The fraction of sp³-hybridized carbons (Fsp3) is 0.418. The van der Waals surface area contributed by atoms with Gasteiger partial charge in [0.15, 0.2) is 5.82 Å². The molecule has 0 radical (unpaired) electrons. The highest BCUT2D eigenvalue weighted by molar-refractivity contribution is 6.25. The van der Waals surface area contributed by atoms with E-state index in [1.165, 1.54) is 30.5 Å². The smallest absolute Gasteiger partial charge is 0.409 e. The van der Waals surface area contributed by atoms with Gasteiger partial charge >= 0.3 is 12.1 Å². The lowest BCUT2D eigenvalue weighted by Crippen LogP contribution is -2.54. The highest BCUT2D eigenvalue weighted by Gasteiger charge is 2.52. The van der Waals surface area contributed by atoms with Crippen LogP contribution in [0.3, 0.4) is 0 Å². The second-order valence-electron chi connectivity index (χ2n) is 20.6. The Bertz CT molecular complexity index is 3260. The number of terminal acetylenes is 1. The third kappa shape index (κ3) is 9.11. The summed E-state index contributed by atoms with van der Waals surface area (Å²) in [4.78, 5) is 85.2. The van der Waals surface area contributed by atoms with Crippen LogP contribution < -0.4 is 25.6 Å². The molecule has 0 aliphatic carbocycles. The number of hydrogen-bond donors (Lipinski definition) is 4. The van der Waals surface area contributed by atoms with E-state index in [0.29, 0.717) is 74.3 Å². The summed E-state index contributed by atoms with van der Waals surface area (Å²) in [5, 5.41) is 20.9. The number of nitrogens with zero attached hydrogens (tertiary/aromatic N) is 7. The molecule has 388 valence electrons. The normalized spacial score (nSPS) is 23.2. The molecular weight excluding hydrogens is 967 g/mol. The van der Waals surface area contributed by atoms with Crippen LogP contribution in [0.1, 0.15) is 90.5 Å². The number of ether oxygens (including phenoxy) is 2. The quantitative estimate of drug-likeness (QED) is 0.0407. The van der Waals surface area contributed by atoms with Crippen molar-refractivity contribution in [3.8, 4) is 35.4 Å². The van der Waals surface area contributed by atoms with Gasteiger partial charge in [0.25, 0.3) is 11.8 Å². The standard InChI is InChI=1S/C55H56F2N10O8/c1-4-36-40(56)14-11-31-21-35(68)22-38(44(31)36)47-46(57)48-39(24-59-47)49(65-26-32-12-13-33(27-65)60-32)63-53(62-48)75-29-55-18-17-34(66(55)25-30(2)23-55)28-74-54(73)64(3)20-7-5-6-19-58-41-10-8-9-37-45(41)52(72)67(51(37)71)42-15-16-43(69)61-50(42)70/h1,8-11,14,21-22,24,32-34,42,58,60,68H,2,5-7,12-13,15-20,23,25-29H2,3H3,(H,61,69,70)/t32?,33?,34-,42?,55-/m0/s1. The zero-order chi connectivity index (χ0) is 52.3. The minimum Gasteiger partial charge on any atom is -0.508 e. The van der Waals surface area contributed by atoms with E-state index in [4.69, 9.17) is 20.9 Å². The fourth-order valence-electron chi connectivity index (χ4n) is 12.1. The average Bonchev–Trinajstić information content (AvgIpc) is 4.11. The van der Waals surface area contributed by atoms with Crippen LogP contribution in [-0.2, 0) is 14.3 Å². The molecule has 11 rings (SSSR count). The average molecular weight is 1020 g/mol. The molecule has 5 saturated heterocycles. The van der Waals surface area contributed by atoms with Gasteiger partial charge in [-0.15, -0.1) is 6.42 Å². The van der Waals surface area contributed by atoms with Crippen molar-refractivity contribution < 1.29 is 47.3 Å². The first kappa shape index (κ1) is 49.5. The number of amides is 5. The van der Waals surface area contributed by atoms with E-state index >= 15 is 8.78 Å². The topological polar surface area (TPSA) is 212 Å². The van der Waals surface area contributed by atoms with Gasteiger partial charge in [-0.3, -0.25) is 39.3 Å². The maximum Gasteiger partial charge on any atom is 0.409 e. The molecule has 2 bridgehead atoms. The maximum atomic E-state index is 17.2. The highest BCUT2D eigenvalue weighted by atomic mass is 19.1. The number of imide groups is 2. The number of nitrogens with one attached hydrogen (secondary N) is 3. The van der Waals surface area contributed by atoms with E-state index in [0.717, 1.165) is 42.6 Å². The van der Waals surface area contributed by atoms with Gasteiger partial charge in [-0.1, -0.05) is 30.2 Å². The fourth-order valence-corrected chi connectivity index (χ4v) is 12.1. The number of aromatic nitrogens is 3. The summed E-state index contributed by atoms with van der Waals surface area (Å²) in [6.45, 7) is 7.44. The molecule has 75 heavy (non-hydrogen) atoms. The molecule has 3 unspecified atom stereocenters. The van der Waals surface area contributed by atoms with Crippen LogP contribution in [0.25, 0.3) is 32.9 Å². The number of anilines is 2. The first-order valence-corrected chi connectivity index (χ1v) is 25.5. The molecule has 4 N–H and O–H groups in total. The van der Waals surface area contributed by atoms with Crippen LogP contribution in [0, 0.1) is 24.0 Å². The monoisotopic (exact) mass is 1020 g/mol. The molecule has 18 nitrogen and oxygen atoms in total. The number of aromatic hydroxyl groups is 1. The number of hydrogen-bond acceptors (Lipinski definition) is 15. The molecule has 5 aromatic rings. The van der Waals surface area contributed by atoms with Crippen molar-refractivity contribution in [1.82, 2.24) is 40.3 Å². The van der Waals surface area contributed by atoms with Crippen molar-refractivity contribution in [2.45, 2.75) is 93.9 Å². The lowest BCUT2D eigenvalue weighted by Gasteiger charge is -2.35. The van der Waals surface area contributed by atoms with Crippen LogP contribution in [-0.4, -0.2) is 147 Å². The van der Waals surface area contributed by atoms with Crippen molar-refractivity contribution in [3.05, 3.63) is 89.1 Å². The van der Waals surface area contributed by atoms with Crippen molar-refractivity contribution in [3.63, 3.8) is 0 Å². The van der Waals surface area contributed by atoms with Crippen LogP contribution >= 0.6 is 0 Å². The summed E-state index contributed by atoms with van der Waals surface area (Å²) < 4.78 is 44.8. The first-order chi connectivity index (χ1) is 36.2. The van der Waals surface area contributed by atoms with E-state index < -0.39 is 52.9 Å². The second kappa shape index (κ2) is 19.8. The summed E-state index contributed by atoms with van der Waals surface area (Å²) in [6, 6.07) is 9.67. The van der Waals surface area contributed by atoms with E-state index in [2.05, 4.69) is 48.2 Å². The summed E-state index contributed by atoms with van der Waals surface area (Å²) in [7, 11) is 1.69. The van der Waals surface area contributed by atoms with Gasteiger partial charge < -0.3 is 35.0 Å². The van der Waals surface area contributed by atoms with Crippen molar-refractivity contribution >= 4 is 62.9 Å². The van der Waals surface area contributed by atoms with Crippen LogP contribution in [0.2, 0.25) is 0 Å². The largest absolute Gasteiger partial charge is 0.508 e. The molecule has 5 atom stereocenters. The number of phenolic OH excluding ortho intramolecular Hbond substituents is 1. The van der Waals surface area contributed by atoms with Gasteiger partial charge in [0.1, 0.15) is 47.9 Å². The Labute approximate surface area is 430 Å². The van der Waals surface area contributed by atoms with Crippen molar-refractivity contribution in [2.75, 3.05) is 63.2 Å². The van der Waals surface area contributed by atoms with Gasteiger partial charge in [-0.25, -0.2) is 13.6 Å². The summed E-state index contributed by atoms with van der Waals surface area (Å²) in [5.74, 6) is -1.00. The molecule has 0 saturated carbocycles. The Hall–Kier alpha value is -7.76. The third-order valence-electron chi connectivity index (χ3n) is 15.7. The molecular formula is C55H56F2N10O8. The molecule has 6 aliphatic heterocycles. The number of benzene rings is 3. The van der Waals surface area contributed by atoms with Crippen LogP contribution in [0.5, 0.6) is 11.8 Å². The van der Waals surface area contributed by atoms with E-state index in [1.807, 2.05) is 0 Å². The van der Waals surface area contributed by atoms with Gasteiger partial charge in [-0.05, 0) is 93.5 Å². The number of piperazine rings is 1. The molecule has 8 heterocycles. The molecule has 6 aliphatic rings. The molecule has 3 aromatic carbocycles.